The molecule has 1 saturated carbocycles. The van der Waals surface area contributed by atoms with Gasteiger partial charge in [-0.3, -0.25) is 9.59 Å². The molecule has 1 aromatic rings. The highest BCUT2D eigenvalue weighted by Gasteiger charge is 2.58. The maximum Gasteiger partial charge on any atom is 0.309 e. The lowest BCUT2D eigenvalue weighted by Crippen LogP contribution is -2.45. The first-order valence-electron chi connectivity index (χ1n) is 7.27. The van der Waals surface area contributed by atoms with Crippen molar-refractivity contribution < 1.29 is 14.3 Å². The quantitative estimate of drug-likeness (QED) is 0.869. The molecular weight excluding hydrogens is 266 g/mol. The Kier molecular flexibility index (Phi) is 4.08. The van der Waals surface area contributed by atoms with E-state index in [1.165, 1.54) is 7.11 Å². The summed E-state index contributed by atoms with van der Waals surface area (Å²) in [5, 5.41) is 2.97. The standard InChI is InChI=1S/C17H23NO3/c1-16(2)13(14(19)21-4)10-11-17(16,3)15(20)18-12-8-6-5-7-9-12/h5-9,13H,10-11H2,1-4H3,(H,18,20)/t13-,17-/m0/s1. The predicted molar refractivity (Wildman–Crippen MR) is 81.7 cm³/mol. The summed E-state index contributed by atoms with van der Waals surface area (Å²) in [6, 6.07) is 9.40. The Morgan fingerprint density at radius 2 is 1.81 bits per heavy atom. The van der Waals surface area contributed by atoms with Crippen LogP contribution in [0.5, 0.6) is 0 Å². The monoisotopic (exact) mass is 289 g/mol. The van der Waals surface area contributed by atoms with Crippen LogP contribution < -0.4 is 5.32 Å². The Hall–Kier alpha value is -1.84. The van der Waals surface area contributed by atoms with Crippen molar-refractivity contribution in [3.8, 4) is 0 Å². The number of amides is 1. The summed E-state index contributed by atoms with van der Waals surface area (Å²) < 4.78 is 4.89. The normalized spacial score (nSPS) is 27.1. The van der Waals surface area contributed by atoms with Crippen LogP contribution in [0.2, 0.25) is 0 Å². The summed E-state index contributed by atoms with van der Waals surface area (Å²) in [6.45, 7) is 5.90. The molecule has 0 bridgehead atoms. The molecule has 114 valence electrons. The van der Waals surface area contributed by atoms with E-state index in [1.54, 1.807) is 0 Å². The van der Waals surface area contributed by atoms with Gasteiger partial charge < -0.3 is 10.1 Å². The van der Waals surface area contributed by atoms with Crippen LogP contribution in [0.15, 0.2) is 30.3 Å². The maximum atomic E-state index is 12.7. The second-order valence-electron chi connectivity index (χ2n) is 6.49. The molecule has 0 unspecified atom stereocenters. The average molecular weight is 289 g/mol. The van der Waals surface area contributed by atoms with Crippen LogP contribution in [0.3, 0.4) is 0 Å². The van der Waals surface area contributed by atoms with E-state index in [-0.39, 0.29) is 17.8 Å². The molecule has 4 nitrogen and oxygen atoms in total. The van der Waals surface area contributed by atoms with E-state index in [0.717, 1.165) is 5.69 Å². The summed E-state index contributed by atoms with van der Waals surface area (Å²) >= 11 is 0. The van der Waals surface area contributed by atoms with Gasteiger partial charge in [0.2, 0.25) is 5.91 Å². The smallest absolute Gasteiger partial charge is 0.309 e. The number of carbonyl (C=O) groups excluding carboxylic acids is 2. The lowest BCUT2D eigenvalue weighted by atomic mass is 9.65. The first kappa shape index (κ1) is 15.5. The van der Waals surface area contributed by atoms with Gasteiger partial charge in [0.05, 0.1) is 18.4 Å². The highest BCUT2D eigenvalue weighted by molar-refractivity contribution is 5.96. The highest BCUT2D eigenvalue weighted by Crippen LogP contribution is 2.56. The van der Waals surface area contributed by atoms with Crippen molar-refractivity contribution in [3.63, 3.8) is 0 Å². The fraction of sp³-hybridized carbons (Fsp3) is 0.529. The second-order valence-corrected chi connectivity index (χ2v) is 6.49. The van der Waals surface area contributed by atoms with E-state index < -0.39 is 10.8 Å². The van der Waals surface area contributed by atoms with Crippen LogP contribution >= 0.6 is 0 Å². The zero-order valence-electron chi connectivity index (χ0n) is 13.1. The van der Waals surface area contributed by atoms with E-state index in [2.05, 4.69) is 5.32 Å². The van der Waals surface area contributed by atoms with E-state index >= 15 is 0 Å². The largest absolute Gasteiger partial charge is 0.469 e. The molecule has 1 aromatic carbocycles. The minimum Gasteiger partial charge on any atom is -0.469 e. The van der Waals surface area contributed by atoms with Gasteiger partial charge in [-0.05, 0) is 30.4 Å². The lowest BCUT2D eigenvalue weighted by Gasteiger charge is -2.39. The summed E-state index contributed by atoms with van der Waals surface area (Å²) in [5.41, 5.74) is -0.262. The highest BCUT2D eigenvalue weighted by atomic mass is 16.5. The third kappa shape index (κ3) is 2.55. The topological polar surface area (TPSA) is 55.4 Å². The Morgan fingerprint density at radius 1 is 1.19 bits per heavy atom. The van der Waals surface area contributed by atoms with Gasteiger partial charge >= 0.3 is 5.97 Å². The molecule has 0 spiro atoms. The molecule has 0 aliphatic heterocycles. The fourth-order valence-electron chi connectivity index (χ4n) is 3.25. The van der Waals surface area contributed by atoms with Gasteiger partial charge in [0.1, 0.15) is 0 Å². The van der Waals surface area contributed by atoms with Crippen LogP contribution in [-0.2, 0) is 14.3 Å². The average Bonchev–Trinajstić information content (AvgIpc) is 2.71. The molecule has 1 aliphatic carbocycles. The summed E-state index contributed by atoms with van der Waals surface area (Å²) in [7, 11) is 1.40. The number of anilines is 1. The Bertz CT molecular complexity index is 538. The van der Waals surface area contributed by atoms with Gasteiger partial charge in [0, 0.05) is 5.69 Å². The second kappa shape index (κ2) is 5.51. The molecule has 1 aliphatic rings. The number of hydrogen-bond donors (Lipinski definition) is 1. The number of rotatable bonds is 3. The van der Waals surface area contributed by atoms with Crippen molar-refractivity contribution in [3.05, 3.63) is 30.3 Å². The Labute approximate surface area is 125 Å². The number of para-hydroxylation sites is 1. The van der Waals surface area contributed by atoms with Crippen LogP contribution in [0.4, 0.5) is 5.69 Å². The van der Waals surface area contributed by atoms with Crippen molar-refractivity contribution in [2.24, 2.45) is 16.7 Å². The van der Waals surface area contributed by atoms with Crippen LogP contribution in [0.1, 0.15) is 33.6 Å². The zero-order chi connectivity index (χ0) is 15.7. The Balaban J connectivity index is 2.22. The number of carbonyl (C=O) groups is 2. The molecule has 2 rings (SSSR count). The van der Waals surface area contributed by atoms with Crippen molar-refractivity contribution in [2.45, 2.75) is 33.6 Å². The summed E-state index contributed by atoms with van der Waals surface area (Å²) in [4.78, 5) is 24.7. The lowest BCUT2D eigenvalue weighted by molar-refractivity contribution is -0.151. The molecule has 0 aromatic heterocycles. The molecule has 4 heteroatoms. The first-order chi connectivity index (χ1) is 9.83. The summed E-state index contributed by atoms with van der Waals surface area (Å²) in [5.74, 6) is -0.504. The zero-order valence-corrected chi connectivity index (χ0v) is 13.1. The van der Waals surface area contributed by atoms with Gasteiger partial charge in [0.15, 0.2) is 0 Å². The predicted octanol–water partition coefficient (Wildman–Crippen LogP) is 3.24. The number of ether oxygens (including phenoxy) is 1. The minimum absolute atomic E-state index is 0.0369. The molecule has 2 atom stereocenters. The van der Waals surface area contributed by atoms with Gasteiger partial charge in [0.25, 0.3) is 0 Å². The fourth-order valence-corrected chi connectivity index (χ4v) is 3.25. The maximum absolute atomic E-state index is 12.7. The van der Waals surface area contributed by atoms with Gasteiger partial charge in [-0.2, -0.15) is 0 Å². The van der Waals surface area contributed by atoms with Crippen LogP contribution in [0.25, 0.3) is 0 Å². The molecule has 1 N–H and O–H groups in total. The van der Waals surface area contributed by atoms with Crippen molar-refractivity contribution in [2.75, 3.05) is 12.4 Å². The molecule has 0 radical (unpaired) electrons. The molecule has 21 heavy (non-hydrogen) atoms. The molecule has 0 saturated heterocycles. The minimum atomic E-state index is -0.596. The van der Waals surface area contributed by atoms with Gasteiger partial charge in [-0.15, -0.1) is 0 Å². The first-order valence-corrected chi connectivity index (χ1v) is 7.27. The van der Waals surface area contributed by atoms with E-state index in [0.29, 0.717) is 12.8 Å². The van der Waals surface area contributed by atoms with Gasteiger partial charge in [-0.25, -0.2) is 0 Å². The summed E-state index contributed by atoms with van der Waals surface area (Å²) in [6.07, 6.45) is 1.36. The van der Waals surface area contributed by atoms with Crippen LogP contribution in [0, 0.1) is 16.7 Å². The third-order valence-electron chi connectivity index (χ3n) is 5.24. The van der Waals surface area contributed by atoms with Crippen molar-refractivity contribution in [1.82, 2.24) is 0 Å². The number of methoxy groups -OCH3 is 1. The van der Waals surface area contributed by atoms with Crippen molar-refractivity contribution in [1.29, 1.82) is 0 Å². The molecular formula is C17H23NO3. The number of nitrogens with one attached hydrogen (secondary N) is 1. The van der Waals surface area contributed by atoms with E-state index in [4.69, 9.17) is 4.74 Å². The molecule has 0 heterocycles. The molecule has 1 amide bonds. The van der Waals surface area contributed by atoms with Crippen molar-refractivity contribution >= 4 is 17.6 Å². The Morgan fingerprint density at radius 3 is 2.38 bits per heavy atom. The molecule has 1 fully saturated rings. The number of esters is 1. The van der Waals surface area contributed by atoms with E-state index in [1.807, 2.05) is 51.1 Å². The van der Waals surface area contributed by atoms with Crippen LogP contribution in [-0.4, -0.2) is 19.0 Å². The number of benzene rings is 1. The van der Waals surface area contributed by atoms with Gasteiger partial charge in [-0.1, -0.05) is 39.0 Å². The number of hydrogen-bond acceptors (Lipinski definition) is 3. The SMILES string of the molecule is COC(=O)[C@@H]1CC[C@@](C)(C(=O)Nc2ccccc2)C1(C)C. The van der Waals surface area contributed by atoms with E-state index in [9.17, 15) is 9.59 Å². The third-order valence-corrected chi connectivity index (χ3v) is 5.24.